The molecule has 0 bridgehead atoms. The van der Waals surface area contributed by atoms with Crippen molar-refractivity contribution in [2.45, 2.75) is 75.3 Å². The summed E-state index contributed by atoms with van der Waals surface area (Å²) in [6.45, 7) is 0.558. The molecule has 0 atom stereocenters. The topological polar surface area (TPSA) is 179 Å². The smallest absolute Gasteiger partial charge is 0.151 e. The van der Waals surface area contributed by atoms with E-state index < -0.39 is 0 Å². The molecule has 0 saturated heterocycles. The standard InChI is InChI=1S/C28H29N5O.C27H27N5/c29-28(13-4-14-28)20-9-7-19(8-10-20)25-22(18-5-2-1-3-6-18)17-23-24(31-25)12-11-21-26(23)32-33-27(21)30-15-16-34;1-29-26-20-12-13-23-22(25(20)31-32-26)16-21(17-6-3-2-4-7-17)24(30-23)18-8-10-19(11-9-18)27(28)14-5-15-27/h1-3,5-10,17,34H,4,11-16,29H2,(H2,30,32,33);2-4,6-11,16H,5,12-15,28H2,1H3,(H2,29,31,32). The van der Waals surface area contributed by atoms with Gasteiger partial charge in [-0.2, -0.15) is 10.2 Å². The van der Waals surface area contributed by atoms with Gasteiger partial charge in [0.15, 0.2) is 11.6 Å². The second kappa shape index (κ2) is 17.1. The molecular formula is C55H56N10O. The van der Waals surface area contributed by atoms with Crippen molar-refractivity contribution >= 4 is 11.6 Å². The Hall–Kier alpha value is -6.92. The molecule has 332 valence electrons. The van der Waals surface area contributed by atoms with Gasteiger partial charge in [-0.1, -0.05) is 109 Å². The molecule has 0 spiro atoms. The lowest BCUT2D eigenvalue weighted by Gasteiger charge is -2.38. The van der Waals surface area contributed by atoms with E-state index in [1.165, 1.54) is 29.5 Å². The van der Waals surface area contributed by atoms with Crippen LogP contribution in [0.4, 0.5) is 11.6 Å². The lowest BCUT2D eigenvalue weighted by molar-refractivity contribution is 0.253. The van der Waals surface area contributed by atoms with Crippen LogP contribution in [0.25, 0.3) is 67.3 Å². The highest BCUT2D eigenvalue weighted by atomic mass is 16.3. The highest BCUT2D eigenvalue weighted by molar-refractivity contribution is 5.88. The number of pyridine rings is 2. The summed E-state index contributed by atoms with van der Waals surface area (Å²) in [5.41, 5.74) is 33.0. The summed E-state index contributed by atoms with van der Waals surface area (Å²) in [6.07, 6.45) is 10.2. The van der Waals surface area contributed by atoms with Crippen molar-refractivity contribution in [3.63, 3.8) is 0 Å². The predicted molar refractivity (Wildman–Crippen MR) is 265 cm³/mol. The molecule has 4 heterocycles. The minimum absolute atomic E-state index is 0.0748. The minimum atomic E-state index is -0.164. The van der Waals surface area contributed by atoms with Crippen LogP contribution < -0.4 is 22.1 Å². The number of aromatic amines is 2. The fraction of sp³-hybridized carbons (Fsp3) is 0.273. The fourth-order valence-electron chi connectivity index (χ4n) is 10.3. The van der Waals surface area contributed by atoms with Crippen molar-refractivity contribution in [3.05, 3.63) is 155 Å². The zero-order chi connectivity index (χ0) is 44.8. The maximum Gasteiger partial charge on any atom is 0.151 e. The molecule has 4 aliphatic rings. The first-order chi connectivity index (χ1) is 32.3. The molecule has 11 heteroatoms. The SMILES string of the molecule is CNc1n[nH]c2c1CCc1nc(-c3ccc(C4(N)CCC4)cc3)c(-c3ccccc3)cc1-2.NC1(c2ccc(-c3nc4c(cc3-c3ccccc3)-c3[nH]nc(NCCO)c3CC4)cc2)CCC1. The van der Waals surface area contributed by atoms with Crippen molar-refractivity contribution in [3.8, 4) is 67.3 Å². The second-order valence-electron chi connectivity index (χ2n) is 18.4. The number of rotatable bonds is 10. The summed E-state index contributed by atoms with van der Waals surface area (Å²) in [6, 6.07) is 42.9. The maximum absolute atomic E-state index is 9.19. The van der Waals surface area contributed by atoms with Crippen LogP contribution in [-0.4, -0.2) is 55.7 Å². The fourth-order valence-corrected chi connectivity index (χ4v) is 10.3. The first-order valence-corrected chi connectivity index (χ1v) is 23.5. The van der Waals surface area contributed by atoms with Crippen LogP contribution in [0.15, 0.2) is 121 Å². The Morgan fingerprint density at radius 1 is 0.545 bits per heavy atom. The lowest BCUT2D eigenvalue weighted by Crippen LogP contribution is -2.43. The van der Waals surface area contributed by atoms with Gasteiger partial charge in [-0.15, -0.1) is 0 Å². The third kappa shape index (κ3) is 7.46. The van der Waals surface area contributed by atoms with E-state index in [-0.39, 0.29) is 17.7 Å². The summed E-state index contributed by atoms with van der Waals surface area (Å²) in [4.78, 5) is 10.4. The van der Waals surface area contributed by atoms with Gasteiger partial charge in [0.05, 0.1) is 40.8 Å². The van der Waals surface area contributed by atoms with Gasteiger partial charge in [0.2, 0.25) is 0 Å². The molecule has 12 rings (SSSR count). The van der Waals surface area contributed by atoms with Gasteiger partial charge in [-0.3, -0.25) is 20.2 Å². The molecule has 2 saturated carbocycles. The van der Waals surface area contributed by atoms with Crippen LogP contribution in [0, 0.1) is 0 Å². The highest BCUT2D eigenvalue weighted by Crippen LogP contribution is 2.45. The molecule has 0 amide bonds. The first-order valence-electron chi connectivity index (χ1n) is 23.5. The van der Waals surface area contributed by atoms with Gasteiger partial charge in [0, 0.05) is 69.2 Å². The summed E-state index contributed by atoms with van der Waals surface area (Å²) in [5.74, 6) is 1.75. The van der Waals surface area contributed by atoms with Gasteiger partial charge < -0.3 is 27.2 Å². The molecule has 8 aromatic rings. The van der Waals surface area contributed by atoms with Crippen molar-refractivity contribution < 1.29 is 5.11 Å². The number of nitrogens with two attached hydrogens (primary N) is 2. The van der Waals surface area contributed by atoms with Crippen LogP contribution >= 0.6 is 0 Å². The Balaban J connectivity index is 0.000000146. The quantitative estimate of drug-likeness (QED) is 0.0704. The van der Waals surface area contributed by atoms with Gasteiger partial charge in [0.1, 0.15) is 0 Å². The molecular weight excluding hydrogens is 817 g/mol. The van der Waals surface area contributed by atoms with Crippen LogP contribution in [0.3, 0.4) is 0 Å². The third-order valence-electron chi connectivity index (χ3n) is 14.5. The number of H-pyrrole nitrogens is 2. The summed E-state index contributed by atoms with van der Waals surface area (Å²) < 4.78 is 0. The van der Waals surface area contributed by atoms with E-state index in [0.717, 1.165) is 147 Å². The van der Waals surface area contributed by atoms with Crippen LogP contribution in [0.1, 0.15) is 72.2 Å². The molecule has 4 aromatic carbocycles. The van der Waals surface area contributed by atoms with E-state index in [9.17, 15) is 5.11 Å². The number of aliphatic hydroxyl groups is 1. The number of nitrogens with one attached hydrogen (secondary N) is 4. The number of hydrogen-bond donors (Lipinski definition) is 7. The summed E-state index contributed by atoms with van der Waals surface area (Å²) in [7, 11) is 1.92. The lowest BCUT2D eigenvalue weighted by atomic mass is 9.72. The summed E-state index contributed by atoms with van der Waals surface area (Å²) >= 11 is 0. The second-order valence-corrected chi connectivity index (χ2v) is 18.4. The molecule has 4 aromatic heterocycles. The number of hydrogen-bond acceptors (Lipinski definition) is 9. The summed E-state index contributed by atoms with van der Waals surface area (Å²) in [5, 5.41) is 31.0. The number of aryl methyl sites for hydroxylation is 2. The number of anilines is 2. The van der Waals surface area contributed by atoms with E-state index in [1.54, 1.807) is 0 Å². The molecule has 2 fully saturated rings. The largest absolute Gasteiger partial charge is 0.395 e. The molecule has 9 N–H and O–H groups in total. The van der Waals surface area contributed by atoms with Gasteiger partial charge in [-0.05, 0) is 98.6 Å². The van der Waals surface area contributed by atoms with Crippen molar-refractivity contribution in [1.82, 2.24) is 30.4 Å². The predicted octanol–water partition coefficient (Wildman–Crippen LogP) is 9.93. The van der Waals surface area contributed by atoms with Crippen molar-refractivity contribution in [1.29, 1.82) is 0 Å². The highest BCUT2D eigenvalue weighted by Gasteiger charge is 2.35. The third-order valence-corrected chi connectivity index (χ3v) is 14.5. The monoisotopic (exact) mass is 872 g/mol. The number of benzene rings is 4. The van der Waals surface area contributed by atoms with E-state index in [0.29, 0.717) is 6.54 Å². The van der Waals surface area contributed by atoms with Crippen molar-refractivity contribution in [2.75, 3.05) is 30.8 Å². The minimum Gasteiger partial charge on any atom is -0.395 e. The Morgan fingerprint density at radius 2 is 0.985 bits per heavy atom. The number of fused-ring (bicyclic) bond motifs is 6. The number of nitrogens with zero attached hydrogens (tertiary/aromatic N) is 4. The molecule has 0 aliphatic heterocycles. The van der Waals surface area contributed by atoms with Crippen LogP contribution in [-0.2, 0) is 36.8 Å². The Morgan fingerprint density at radius 3 is 1.39 bits per heavy atom. The number of aliphatic hydroxyl groups excluding tert-OH is 1. The Bertz CT molecular complexity index is 3020. The average Bonchev–Trinajstić information content (AvgIpc) is 3.99. The Labute approximate surface area is 385 Å². The zero-order valence-corrected chi connectivity index (χ0v) is 37.4. The van der Waals surface area contributed by atoms with Crippen molar-refractivity contribution in [2.24, 2.45) is 11.5 Å². The molecule has 0 radical (unpaired) electrons. The van der Waals surface area contributed by atoms with Crippen LogP contribution in [0.5, 0.6) is 0 Å². The van der Waals surface area contributed by atoms with E-state index in [1.807, 2.05) is 13.1 Å². The molecule has 4 aliphatic carbocycles. The van der Waals surface area contributed by atoms with Gasteiger partial charge >= 0.3 is 0 Å². The zero-order valence-electron chi connectivity index (χ0n) is 37.4. The molecule has 66 heavy (non-hydrogen) atoms. The maximum atomic E-state index is 9.19. The number of aromatic nitrogens is 6. The average molecular weight is 873 g/mol. The van der Waals surface area contributed by atoms with E-state index >= 15 is 0 Å². The first kappa shape index (κ1) is 41.8. The molecule has 11 nitrogen and oxygen atoms in total. The molecule has 0 unspecified atom stereocenters. The Kier molecular flexibility index (Phi) is 10.8. The van der Waals surface area contributed by atoms with Gasteiger partial charge in [-0.25, -0.2) is 0 Å². The van der Waals surface area contributed by atoms with E-state index in [2.05, 4.69) is 146 Å². The normalized spacial score (nSPS) is 15.9. The van der Waals surface area contributed by atoms with Gasteiger partial charge in [0.25, 0.3) is 0 Å². The van der Waals surface area contributed by atoms with Crippen LogP contribution in [0.2, 0.25) is 0 Å². The van der Waals surface area contributed by atoms with E-state index in [4.69, 9.17) is 21.4 Å².